The third kappa shape index (κ3) is 6.67. The molecule has 1 fully saturated rings. The summed E-state index contributed by atoms with van der Waals surface area (Å²) in [6, 6.07) is 12.1. The Labute approximate surface area is 224 Å². The van der Waals surface area contributed by atoms with Crippen LogP contribution in [0.25, 0.3) is 0 Å². The summed E-state index contributed by atoms with van der Waals surface area (Å²) in [4.78, 5) is 22.1. The lowest BCUT2D eigenvalue weighted by Crippen LogP contribution is -2.56. The molecule has 1 unspecified atom stereocenters. The van der Waals surface area contributed by atoms with E-state index in [1.807, 2.05) is 49.9 Å². The van der Waals surface area contributed by atoms with Gasteiger partial charge in [0, 0.05) is 37.1 Å². The van der Waals surface area contributed by atoms with E-state index in [1.165, 1.54) is 0 Å². The number of halogens is 1. The molecule has 1 aromatic carbocycles. The summed E-state index contributed by atoms with van der Waals surface area (Å²) in [5.74, 6) is 1.78. The fraction of sp³-hybridized carbons (Fsp3) is 0.571. The number of pyridine rings is 1. The van der Waals surface area contributed by atoms with E-state index in [9.17, 15) is 4.79 Å². The normalized spacial score (nSPS) is 17.3. The van der Waals surface area contributed by atoms with E-state index >= 15 is 0 Å². The molecule has 1 saturated heterocycles. The van der Waals surface area contributed by atoms with Crippen molar-refractivity contribution < 1.29 is 23.7 Å². The number of rotatable bonds is 10. The molecule has 2 aromatic rings. The van der Waals surface area contributed by atoms with Gasteiger partial charge in [-0.05, 0) is 39.2 Å². The van der Waals surface area contributed by atoms with Crippen molar-refractivity contribution >= 4 is 17.7 Å². The van der Waals surface area contributed by atoms with Crippen molar-refractivity contribution in [1.82, 2.24) is 14.8 Å². The number of hydrogen-bond acceptors (Lipinski definition) is 7. The number of carbonyl (C=O) groups excluding carboxylic acids is 1. The summed E-state index contributed by atoms with van der Waals surface area (Å²) in [5, 5.41) is 0. The number of amides is 1. The molecule has 1 aromatic heterocycles. The highest BCUT2D eigenvalue weighted by atomic mass is 35.5. The quantitative estimate of drug-likeness (QED) is 0.406. The molecule has 3 heterocycles. The van der Waals surface area contributed by atoms with E-state index in [2.05, 4.69) is 22.0 Å². The maximum atomic E-state index is 13.3. The van der Waals surface area contributed by atoms with Crippen molar-refractivity contribution in [1.29, 1.82) is 0 Å². The largest absolute Gasteiger partial charge is 0.486 e. The fourth-order valence-corrected chi connectivity index (χ4v) is 5.36. The third-order valence-electron chi connectivity index (χ3n) is 7.10. The Bertz CT molecular complexity index is 1010. The van der Waals surface area contributed by atoms with Crippen LogP contribution in [0.15, 0.2) is 42.6 Å². The van der Waals surface area contributed by atoms with E-state index in [0.29, 0.717) is 50.4 Å². The van der Waals surface area contributed by atoms with Crippen LogP contribution < -0.4 is 9.47 Å². The van der Waals surface area contributed by atoms with Gasteiger partial charge in [-0.3, -0.25) is 14.8 Å². The molecular formula is C28H38ClN3O5. The molecule has 202 valence electrons. The van der Waals surface area contributed by atoms with Gasteiger partial charge in [0.25, 0.3) is 0 Å². The number of aromatic nitrogens is 1. The molecule has 0 radical (unpaired) electrons. The lowest BCUT2D eigenvalue weighted by molar-refractivity contribution is -0.000483. The van der Waals surface area contributed by atoms with Gasteiger partial charge in [-0.2, -0.15) is 0 Å². The molecule has 2 aliphatic heterocycles. The van der Waals surface area contributed by atoms with Crippen molar-refractivity contribution in [3.8, 4) is 11.5 Å². The Morgan fingerprint density at radius 1 is 1.19 bits per heavy atom. The maximum absolute atomic E-state index is 13.3. The van der Waals surface area contributed by atoms with Gasteiger partial charge in [-0.15, -0.1) is 11.6 Å². The summed E-state index contributed by atoms with van der Waals surface area (Å²) in [5.41, 5.74) is 1.18. The van der Waals surface area contributed by atoms with Crippen molar-refractivity contribution in [3.05, 3.63) is 53.9 Å². The number of benzene rings is 1. The van der Waals surface area contributed by atoms with Crippen molar-refractivity contribution in [2.75, 3.05) is 45.4 Å². The number of hydrogen-bond donors (Lipinski definition) is 0. The molecule has 0 aliphatic carbocycles. The van der Waals surface area contributed by atoms with Gasteiger partial charge in [-0.1, -0.05) is 30.3 Å². The van der Waals surface area contributed by atoms with Gasteiger partial charge in [0.15, 0.2) is 11.5 Å². The molecule has 0 spiro atoms. The van der Waals surface area contributed by atoms with Crippen LogP contribution >= 0.6 is 11.6 Å². The first kappa shape index (κ1) is 27.5. The summed E-state index contributed by atoms with van der Waals surface area (Å²) >= 11 is 6.35. The first-order valence-electron chi connectivity index (χ1n) is 13.1. The van der Waals surface area contributed by atoms with Gasteiger partial charge < -0.3 is 18.9 Å². The summed E-state index contributed by atoms with van der Waals surface area (Å²) in [6.45, 7) is 9.92. The Kier molecular flexibility index (Phi) is 9.51. The highest BCUT2D eigenvalue weighted by Gasteiger charge is 2.42. The van der Waals surface area contributed by atoms with Crippen LogP contribution in [0.1, 0.15) is 44.9 Å². The zero-order chi connectivity index (χ0) is 26.3. The van der Waals surface area contributed by atoms with E-state index in [1.54, 1.807) is 6.20 Å². The SMILES string of the molecule is CCOC(=O)N(C1CCN(C(CCl)COCc2ccccc2)CC1)C(C)(C)c1cc2c(cn1)OCCO2. The Morgan fingerprint density at radius 2 is 1.89 bits per heavy atom. The second-order valence-electron chi connectivity index (χ2n) is 9.92. The summed E-state index contributed by atoms with van der Waals surface area (Å²) in [6.07, 6.45) is 2.96. The van der Waals surface area contributed by atoms with Crippen molar-refractivity contribution in [3.63, 3.8) is 0 Å². The predicted molar refractivity (Wildman–Crippen MR) is 142 cm³/mol. The summed E-state index contributed by atoms with van der Waals surface area (Å²) < 4.78 is 22.9. The van der Waals surface area contributed by atoms with E-state index < -0.39 is 5.54 Å². The van der Waals surface area contributed by atoms with Crippen LogP contribution in [-0.4, -0.2) is 78.4 Å². The number of ether oxygens (including phenoxy) is 4. The average molecular weight is 532 g/mol. The molecule has 1 amide bonds. The number of nitrogens with zero attached hydrogens (tertiary/aromatic N) is 3. The number of fused-ring (bicyclic) bond motifs is 1. The highest BCUT2D eigenvalue weighted by Crippen LogP contribution is 2.37. The van der Waals surface area contributed by atoms with Crippen LogP contribution in [0.3, 0.4) is 0 Å². The number of carbonyl (C=O) groups is 1. The number of piperidine rings is 1. The fourth-order valence-electron chi connectivity index (χ4n) is 5.08. The monoisotopic (exact) mass is 531 g/mol. The molecule has 2 aliphatic rings. The molecule has 8 nitrogen and oxygen atoms in total. The smallest absolute Gasteiger partial charge is 0.410 e. The van der Waals surface area contributed by atoms with E-state index in [0.717, 1.165) is 37.2 Å². The number of likely N-dealkylation sites (tertiary alicyclic amines) is 1. The summed E-state index contributed by atoms with van der Waals surface area (Å²) in [7, 11) is 0. The second kappa shape index (κ2) is 12.8. The first-order chi connectivity index (χ1) is 17.9. The van der Waals surface area contributed by atoms with Crippen LogP contribution in [0.2, 0.25) is 0 Å². The minimum absolute atomic E-state index is 0.00140. The zero-order valence-corrected chi connectivity index (χ0v) is 22.8. The van der Waals surface area contributed by atoms with Crippen LogP contribution in [0.4, 0.5) is 4.79 Å². The lowest BCUT2D eigenvalue weighted by atomic mass is 9.91. The van der Waals surface area contributed by atoms with Gasteiger partial charge in [0.2, 0.25) is 0 Å². The molecule has 0 bridgehead atoms. The number of alkyl halides is 1. The first-order valence-corrected chi connectivity index (χ1v) is 13.6. The molecule has 1 atom stereocenters. The van der Waals surface area contributed by atoms with Crippen molar-refractivity contribution in [2.45, 2.75) is 57.8 Å². The molecule has 0 N–H and O–H groups in total. The Balaban J connectivity index is 1.42. The van der Waals surface area contributed by atoms with Crippen LogP contribution in [-0.2, 0) is 21.6 Å². The Morgan fingerprint density at radius 3 is 2.57 bits per heavy atom. The topological polar surface area (TPSA) is 73.4 Å². The molecule has 4 rings (SSSR count). The van der Waals surface area contributed by atoms with Crippen molar-refractivity contribution in [2.24, 2.45) is 0 Å². The minimum Gasteiger partial charge on any atom is -0.486 e. The maximum Gasteiger partial charge on any atom is 0.410 e. The predicted octanol–water partition coefficient (Wildman–Crippen LogP) is 4.84. The van der Waals surface area contributed by atoms with Crippen LogP contribution in [0.5, 0.6) is 11.5 Å². The van der Waals surface area contributed by atoms with Crippen LogP contribution in [0, 0.1) is 0 Å². The molecular weight excluding hydrogens is 494 g/mol. The molecule has 37 heavy (non-hydrogen) atoms. The third-order valence-corrected chi connectivity index (χ3v) is 7.46. The van der Waals surface area contributed by atoms with Gasteiger partial charge in [0.1, 0.15) is 13.2 Å². The van der Waals surface area contributed by atoms with Gasteiger partial charge in [0.05, 0.1) is 37.3 Å². The van der Waals surface area contributed by atoms with Gasteiger partial charge >= 0.3 is 6.09 Å². The molecule has 9 heteroatoms. The zero-order valence-electron chi connectivity index (χ0n) is 22.0. The van der Waals surface area contributed by atoms with E-state index in [-0.39, 0.29) is 18.2 Å². The second-order valence-corrected chi connectivity index (χ2v) is 10.2. The molecule has 0 saturated carbocycles. The van der Waals surface area contributed by atoms with Gasteiger partial charge in [-0.25, -0.2) is 4.79 Å². The minimum atomic E-state index is -0.709. The highest BCUT2D eigenvalue weighted by molar-refractivity contribution is 6.18. The van der Waals surface area contributed by atoms with E-state index in [4.69, 9.17) is 30.5 Å². The Hall–Kier alpha value is -2.55. The lowest BCUT2D eigenvalue weighted by Gasteiger charge is -2.46. The standard InChI is InChI=1S/C28H38ClN3O5/c1-4-35-27(33)32(28(2,3)26-16-24-25(18-30-26)37-15-14-36-24)22-10-12-31(13-11-22)23(17-29)20-34-19-21-8-6-5-7-9-21/h5-9,16,18,22-23H,4,10-15,17,19-20H2,1-3H3. The average Bonchev–Trinajstić information content (AvgIpc) is 2.92.